The molecule has 0 unspecified atom stereocenters. The Bertz CT molecular complexity index is 560. The summed E-state index contributed by atoms with van der Waals surface area (Å²) < 4.78 is 14.9. The summed E-state index contributed by atoms with van der Waals surface area (Å²) in [6.07, 6.45) is 1.37. The molecule has 0 aliphatic rings. The Kier molecular flexibility index (Phi) is 6.78. The number of hydrogen-bond donors (Lipinski definition) is 1. The van der Waals surface area contributed by atoms with Crippen LogP contribution in [0.25, 0.3) is 6.08 Å². The standard InChI is InChI=1S/C15H17NO5/c1-3-20-14-9-11(4-5-13(14)17)8-12(10-16)15(18)21-7-6-19-2/h4-5,8-9,17H,3,6-7H2,1-2H3. The van der Waals surface area contributed by atoms with Crippen LogP contribution < -0.4 is 4.74 Å². The largest absolute Gasteiger partial charge is 0.504 e. The van der Waals surface area contributed by atoms with Crippen molar-refractivity contribution < 1.29 is 24.1 Å². The van der Waals surface area contributed by atoms with Crippen molar-refractivity contribution in [1.29, 1.82) is 5.26 Å². The van der Waals surface area contributed by atoms with E-state index < -0.39 is 5.97 Å². The number of nitrogens with zero attached hydrogens (tertiary/aromatic N) is 1. The average Bonchev–Trinajstić information content (AvgIpc) is 2.48. The molecule has 6 heteroatoms. The van der Waals surface area contributed by atoms with Crippen molar-refractivity contribution in [2.75, 3.05) is 26.9 Å². The summed E-state index contributed by atoms with van der Waals surface area (Å²) in [6.45, 7) is 2.52. The van der Waals surface area contributed by atoms with Crippen molar-refractivity contribution in [2.45, 2.75) is 6.92 Å². The smallest absolute Gasteiger partial charge is 0.348 e. The molecule has 0 aliphatic heterocycles. The topological polar surface area (TPSA) is 88.8 Å². The highest BCUT2D eigenvalue weighted by molar-refractivity contribution is 5.97. The number of phenols is 1. The normalized spacial score (nSPS) is 10.8. The Morgan fingerprint density at radius 2 is 2.19 bits per heavy atom. The minimum atomic E-state index is -0.722. The molecule has 1 aromatic carbocycles. The number of esters is 1. The predicted molar refractivity (Wildman–Crippen MR) is 75.7 cm³/mol. The molecule has 0 fully saturated rings. The lowest BCUT2D eigenvalue weighted by atomic mass is 10.1. The fourth-order valence-electron chi connectivity index (χ4n) is 1.49. The van der Waals surface area contributed by atoms with E-state index in [0.29, 0.717) is 12.2 Å². The van der Waals surface area contributed by atoms with Gasteiger partial charge in [-0.05, 0) is 30.7 Å². The van der Waals surface area contributed by atoms with Crippen molar-refractivity contribution in [3.8, 4) is 17.6 Å². The SMILES string of the molecule is CCOc1cc(C=C(C#N)C(=O)OCCOC)ccc1O. The number of ether oxygens (including phenoxy) is 3. The highest BCUT2D eigenvalue weighted by atomic mass is 16.6. The molecule has 1 aromatic rings. The maximum atomic E-state index is 11.7. The number of rotatable bonds is 7. The second-order valence-electron chi connectivity index (χ2n) is 3.96. The summed E-state index contributed by atoms with van der Waals surface area (Å²) in [5, 5.41) is 18.6. The van der Waals surface area contributed by atoms with E-state index in [9.17, 15) is 9.90 Å². The van der Waals surface area contributed by atoms with E-state index in [1.807, 2.05) is 0 Å². The van der Waals surface area contributed by atoms with Crippen LogP contribution in [-0.2, 0) is 14.3 Å². The van der Waals surface area contributed by atoms with Crippen LogP contribution in [0.2, 0.25) is 0 Å². The van der Waals surface area contributed by atoms with Crippen molar-refractivity contribution in [3.63, 3.8) is 0 Å². The summed E-state index contributed by atoms with van der Waals surface area (Å²) in [6, 6.07) is 6.33. The molecule has 0 saturated heterocycles. The quantitative estimate of drug-likeness (QED) is 0.357. The number of phenolic OH excluding ortho intramolecular Hbond substituents is 1. The lowest BCUT2D eigenvalue weighted by Crippen LogP contribution is -2.11. The molecule has 112 valence electrons. The van der Waals surface area contributed by atoms with E-state index in [4.69, 9.17) is 19.5 Å². The van der Waals surface area contributed by atoms with Crippen molar-refractivity contribution in [2.24, 2.45) is 0 Å². The number of carbonyl (C=O) groups excluding carboxylic acids is 1. The summed E-state index contributed by atoms with van der Waals surface area (Å²) in [4.78, 5) is 11.7. The molecule has 21 heavy (non-hydrogen) atoms. The predicted octanol–water partition coefficient (Wildman–Crippen LogP) is 1.89. The molecule has 0 atom stereocenters. The Morgan fingerprint density at radius 3 is 2.81 bits per heavy atom. The fraction of sp³-hybridized carbons (Fsp3) is 0.333. The molecule has 0 saturated carbocycles. The number of aromatic hydroxyl groups is 1. The number of hydrogen-bond acceptors (Lipinski definition) is 6. The van der Waals surface area contributed by atoms with Gasteiger partial charge in [0.25, 0.3) is 0 Å². The molecule has 0 bridgehead atoms. The molecule has 0 aliphatic carbocycles. The molecule has 0 radical (unpaired) electrons. The Morgan fingerprint density at radius 1 is 1.43 bits per heavy atom. The van der Waals surface area contributed by atoms with Crippen LogP contribution in [-0.4, -0.2) is 38.0 Å². The van der Waals surface area contributed by atoms with Crippen LogP contribution in [0, 0.1) is 11.3 Å². The van der Waals surface area contributed by atoms with Gasteiger partial charge in [-0.1, -0.05) is 6.07 Å². The van der Waals surface area contributed by atoms with E-state index >= 15 is 0 Å². The zero-order chi connectivity index (χ0) is 15.7. The van der Waals surface area contributed by atoms with Gasteiger partial charge in [-0.2, -0.15) is 5.26 Å². The summed E-state index contributed by atoms with van der Waals surface area (Å²) in [5.74, 6) is -0.438. The third-order valence-corrected chi connectivity index (χ3v) is 2.46. The minimum absolute atomic E-state index is 0.00446. The zero-order valence-electron chi connectivity index (χ0n) is 12.0. The summed E-state index contributed by atoms with van der Waals surface area (Å²) in [5.41, 5.74) is 0.413. The molecular formula is C15H17NO5. The molecule has 0 amide bonds. The second-order valence-corrected chi connectivity index (χ2v) is 3.96. The van der Waals surface area contributed by atoms with Crippen LogP contribution >= 0.6 is 0 Å². The molecule has 1 N–H and O–H groups in total. The van der Waals surface area contributed by atoms with Gasteiger partial charge >= 0.3 is 5.97 Å². The van der Waals surface area contributed by atoms with Crippen LogP contribution in [0.5, 0.6) is 11.5 Å². The minimum Gasteiger partial charge on any atom is -0.504 e. The molecule has 0 spiro atoms. The van der Waals surface area contributed by atoms with Gasteiger partial charge in [-0.15, -0.1) is 0 Å². The van der Waals surface area contributed by atoms with E-state index in [1.54, 1.807) is 25.1 Å². The van der Waals surface area contributed by atoms with Gasteiger partial charge in [0, 0.05) is 7.11 Å². The first-order valence-electron chi connectivity index (χ1n) is 6.36. The third-order valence-electron chi connectivity index (χ3n) is 2.46. The first-order valence-corrected chi connectivity index (χ1v) is 6.36. The lowest BCUT2D eigenvalue weighted by molar-refractivity contribution is -0.139. The Labute approximate surface area is 123 Å². The van der Waals surface area contributed by atoms with Crippen molar-refractivity contribution >= 4 is 12.0 Å². The van der Waals surface area contributed by atoms with Gasteiger partial charge in [-0.3, -0.25) is 0 Å². The van der Waals surface area contributed by atoms with Gasteiger partial charge < -0.3 is 19.3 Å². The summed E-state index contributed by atoms with van der Waals surface area (Å²) >= 11 is 0. The van der Waals surface area contributed by atoms with E-state index in [-0.39, 0.29) is 30.3 Å². The third kappa shape index (κ3) is 5.16. The van der Waals surface area contributed by atoms with E-state index in [2.05, 4.69) is 0 Å². The van der Waals surface area contributed by atoms with Gasteiger partial charge in [0.2, 0.25) is 0 Å². The van der Waals surface area contributed by atoms with E-state index in [1.165, 1.54) is 19.3 Å². The number of carbonyl (C=O) groups is 1. The molecule has 6 nitrogen and oxygen atoms in total. The molecule has 1 rings (SSSR count). The van der Waals surface area contributed by atoms with Gasteiger partial charge in [-0.25, -0.2) is 4.79 Å². The van der Waals surface area contributed by atoms with Crippen molar-refractivity contribution in [3.05, 3.63) is 29.3 Å². The summed E-state index contributed by atoms with van der Waals surface area (Å²) in [7, 11) is 1.49. The number of nitriles is 1. The van der Waals surface area contributed by atoms with Crippen LogP contribution in [0.4, 0.5) is 0 Å². The molecule has 0 aromatic heterocycles. The number of benzene rings is 1. The first-order chi connectivity index (χ1) is 10.1. The van der Waals surface area contributed by atoms with Gasteiger partial charge in [0.15, 0.2) is 11.5 Å². The monoisotopic (exact) mass is 291 g/mol. The molecule has 0 heterocycles. The van der Waals surface area contributed by atoms with Crippen LogP contribution in [0.15, 0.2) is 23.8 Å². The maximum absolute atomic E-state index is 11.7. The Balaban J connectivity index is 2.90. The highest BCUT2D eigenvalue weighted by Gasteiger charge is 2.11. The average molecular weight is 291 g/mol. The van der Waals surface area contributed by atoms with Gasteiger partial charge in [0.05, 0.1) is 13.2 Å². The fourth-order valence-corrected chi connectivity index (χ4v) is 1.49. The Hall–Kier alpha value is -2.52. The van der Waals surface area contributed by atoms with Crippen molar-refractivity contribution in [1.82, 2.24) is 0 Å². The first kappa shape index (κ1) is 16.5. The molecular weight excluding hydrogens is 274 g/mol. The highest BCUT2D eigenvalue weighted by Crippen LogP contribution is 2.27. The number of methoxy groups -OCH3 is 1. The van der Waals surface area contributed by atoms with E-state index in [0.717, 1.165) is 0 Å². The van der Waals surface area contributed by atoms with Gasteiger partial charge in [0.1, 0.15) is 18.2 Å². The van der Waals surface area contributed by atoms with Crippen LogP contribution in [0.3, 0.4) is 0 Å². The lowest BCUT2D eigenvalue weighted by Gasteiger charge is -2.07. The maximum Gasteiger partial charge on any atom is 0.348 e. The zero-order valence-corrected chi connectivity index (χ0v) is 12.0. The van der Waals surface area contributed by atoms with Crippen LogP contribution in [0.1, 0.15) is 12.5 Å². The second kappa shape index (κ2) is 8.61.